The van der Waals surface area contributed by atoms with E-state index in [1.54, 1.807) is 4.68 Å². The topological polar surface area (TPSA) is 43.6 Å². The van der Waals surface area contributed by atoms with Crippen LogP contribution in [0.3, 0.4) is 0 Å². The maximum Gasteiger partial charge on any atom is 0.158 e. The molecule has 0 aliphatic heterocycles. The lowest BCUT2D eigenvalue weighted by atomic mass is 9.96. The number of hydrogen-bond acceptors (Lipinski definition) is 3. The standard InChI is InChI=1S/C12H15BrN4/c1-8-5-6-17(16-8)10-7-9(13)14-11(15-10)12(2,3)4/h5-7H,1-4H3. The van der Waals surface area contributed by atoms with Crippen LogP contribution in [-0.2, 0) is 5.41 Å². The van der Waals surface area contributed by atoms with Crippen molar-refractivity contribution in [3.63, 3.8) is 0 Å². The molecule has 0 aromatic carbocycles. The molecule has 0 spiro atoms. The van der Waals surface area contributed by atoms with E-state index < -0.39 is 0 Å². The van der Waals surface area contributed by atoms with Crippen LogP contribution in [0.25, 0.3) is 5.82 Å². The molecule has 0 N–H and O–H groups in total. The van der Waals surface area contributed by atoms with Crippen LogP contribution in [0.1, 0.15) is 32.3 Å². The zero-order valence-corrected chi connectivity index (χ0v) is 12.0. The lowest BCUT2D eigenvalue weighted by Crippen LogP contribution is -2.17. The van der Waals surface area contributed by atoms with Crippen LogP contribution in [0, 0.1) is 6.92 Å². The summed E-state index contributed by atoms with van der Waals surface area (Å²) in [5.74, 6) is 1.58. The molecule has 0 saturated heterocycles. The van der Waals surface area contributed by atoms with Crippen molar-refractivity contribution in [2.24, 2.45) is 0 Å². The second-order valence-electron chi connectivity index (χ2n) is 5.02. The molecule has 2 aromatic rings. The smallest absolute Gasteiger partial charge is 0.158 e. The van der Waals surface area contributed by atoms with Crippen LogP contribution in [0.4, 0.5) is 0 Å². The van der Waals surface area contributed by atoms with E-state index in [2.05, 4.69) is 51.8 Å². The molecule has 90 valence electrons. The second kappa shape index (κ2) is 4.22. The van der Waals surface area contributed by atoms with Gasteiger partial charge in [0.25, 0.3) is 0 Å². The molecule has 2 rings (SSSR count). The van der Waals surface area contributed by atoms with Crippen molar-refractivity contribution in [1.29, 1.82) is 0 Å². The lowest BCUT2D eigenvalue weighted by molar-refractivity contribution is 0.540. The molecule has 0 bridgehead atoms. The van der Waals surface area contributed by atoms with E-state index in [-0.39, 0.29) is 5.41 Å². The predicted molar refractivity (Wildman–Crippen MR) is 70.3 cm³/mol. The van der Waals surface area contributed by atoms with Crippen LogP contribution in [0.5, 0.6) is 0 Å². The largest absolute Gasteiger partial charge is 0.225 e. The molecule has 0 fully saturated rings. The fourth-order valence-corrected chi connectivity index (χ4v) is 1.77. The van der Waals surface area contributed by atoms with Crippen LogP contribution in [0.15, 0.2) is 22.9 Å². The van der Waals surface area contributed by atoms with E-state index >= 15 is 0 Å². The van der Waals surface area contributed by atoms with E-state index in [1.807, 2.05) is 25.3 Å². The number of halogens is 1. The van der Waals surface area contributed by atoms with Crippen molar-refractivity contribution in [2.75, 3.05) is 0 Å². The third-order valence-electron chi connectivity index (χ3n) is 2.31. The van der Waals surface area contributed by atoms with Crippen molar-refractivity contribution < 1.29 is 0 Å². The first-order valence-corrected chi connectivity index (χ1v) is 6.23. The summed E-state index contributed by atoms with van der Waals surface area (Å²) < 4.78 is 2.54. The highest BCUT2D eigenvalue weighted by Gasteiger charge is 2.19. The van der Waals surface area contributed by atoms with Gasteiger partial charge < -0.3 is 0 Å². The SMILES string of the molecule is Cc1ccn(-c2cc(Br)nc(C(C)(C)C)n2)n1. The predicted octanol–water partition coefficient (Wildman–Crippen LogP) is 3.03. The molecular formula is C12H15BrN4. The first kappa shape index (κ1) is 12.2. The van der Waals surface area contributed by atoms with Crippen LogP contribution in [0.2, 0.25) is 0 Å². The summed E-state index contributed by atoms with van der Waals surface area (Å²) in [6.45, 7) is 8.23. The van der Waals surface area contributed by atoms with Gasteiger partial charge in [0.05, 0.1) is 5.69 Å². The maximum absolute atomic E-state index is 4.55. The summed E-state index contributed by atoms with van der Waals surface area (Å²) in [6, 6.07) is 3.81. The highest BCUT2D eigenvalue weighted by atomic mass is 79.9. The molecule has 0 atom stereocenters. The van der Waals surface area contributed by atoms with Gasteiger partial charge in [-0.25, -0.2) is 14.6 Å². The van der Waals surface area contributed by atoms with Gasteiger partial charge >= 0.3 is 0 Å². The van der Waals surface area contributed by atoms with Crippen LogP contribution in [-0.4, -0.2) is 19.7 Å². The molecule has 17 heavy (non-hydrogen) atoms. The molecule has 0 unspecified atom stereocenters. The summed E-state index contributed by atoms with van der Waals surface area (Å²) in [6.07, 6.45) is 1.90. The summed E-state index contributed by atoms with van der Waals surface area (Å²) in [5, 5.41) is 4.35. The highest BCUT2D eigenvalue weighted by molar-refractivity contribution is 9.10. The number of aromatic nitrogens is 4. The van der Waals surface area contributed by atoms with E-state index in [4.69, 9.17) is 0 Å². The van der Waals surface area contributed by atoms with E-state index in [0.717, 1.165) is 21.9 Å². The second-order valence-corrected chi connectivity index (χ2v) is 5.84. The summed E-state index contributed by atoms with van der Waals surface area (Å²) in [7, 11) is 0. The van der Waals surface area contributed by atoms with Gasteiger partial charge in [-0.2, -0.15) is 5.10 Å². The van der Waals surface area contributed by atoms with E-state index in [0.29, 0.717) is 0 Å². The van der Waals surface area contributed by atoms with Gasteiger partial charge in [-0.15, -0.1) is 0 Å². The van der Waals surface area contributed by atoms with Crippen LogP contribution >= 0.6 is 15.9 Å². The van der Waals surface area contributed by atoms with Gasteiger partial charge in [0.1, 0.15) is 10.4 Å². The summed E-state index contributed by atoms with van der Waals surface area (Å²) in [5.41, 5.74) is 0.887. The number of hydrogen-bond donors (Lipinski definition) is 0. The molecule has 0 radical (unpaired) electrons. The van der Waals surface area contributed by atoms with Crippen molar-refractivity contribution >= 4 is 15.9 Å². The Bertz CT molecular complexity index is 540. The van der Waals surface area contributed by atoms with E-state index in [1.165, 1.54) is 0 Å². The minimum absolute atomic E-state index is 0.0826. The monoisotopic (exact) mass is 294 g/mol. The Morgan fingerprint density at radius 1 is 1.24 bits per heavy atom. The van der Waals surface area contributed by atoms with Crippen molar-refractivity contribution in [1.82, 2.24) is 19.7 Å². The van der Waals surface area contributed by atoms with Gasteiger partial charge in [0.15, 0.2) is 5.82 Å². The van der Waals surface area contributed by atoms with Gasteiger partial charge in [0.2, 0.25) is 0 Å². The first-order valence-electron chi connectivity index (χ1n) is 5.44. The number of aryl methyl sites for hydroxylation is 1. The Balaban J connectivity index is 2.52. The fourth-order valence-electron chi connectivity index (χ4n) is 1.40. The zero-order chi connectivity index (χ0) is 12.6. The zero-order valence-electron chi connectivity index (χ0n) is 10.4. The fraction of sp³-hybridized carbons (Fsp3) is 0.417. The highest BCUT2D eigenvalue weighted by Crippen LogP contribution is 2.21. The van der Waals surface area contributed by atoms with E-state index in [9.17, 15) is 0 Å². The van der Waals surface area contributed by atoms with Crippen molar-refractivity contribution in [3.05, 3.63) is 34.5 Å². The minimum atomic E-state index is -0.0826. The van der Waals surface area contributed by atoms with Gasteiger partial charge in [-0.1, -0.05) is 20.8 Å². The third kappa shape index (κ3) is 2.72. The molecule has 2 heterocycles. The average molecular weight is 295 g/mol. The number of nitrogens with zero attached hydrogens (tertiary/aromatic N) is 4. The molecule has 4 nitrogen and oxygen atoms in total. The minimum Gasteiger partial charge on any atom is -0.225 e. The number of rotatable bonds is 1. The van der Waals surface area contributed by atoms with Crippen LogP contribution < -0.4 is 0 Å². The van der Waals surface area contributed by atoms with Gasteiger partial charge in [-0.3, -0.25) is 0 Å². The molecule has 5 heteroatoms. The summed E-state index contributed by atoms with van der Waals surface area (Å²) in [4.78, 5) is 8.95. The lowest BCUT2D eigenvalue weighted by Gasteiger charge is -2.17. The quantitative estimate of drug-likeness (QED) is 0.760. The Kier molecular flexibility index (Phi) is 3.03. The Labute approximate surface area is 109 Å². The molecule has 0 aliphatic carbocycles. The molecule has 0 amide bonds. The van der Waals surface area contributed by atoms with Crippen molar-refractivity contribution in [3.8, 4) is 5.82 Å². The maximum atomic E-state index is 4.55. The third-order valence-corrected chi connectivity index (χ3v) is 2.72. The molecule has 2 aromatic heterocycles. The Morgan fingerprint density at radius 2 is 1.94 bits per heavy atom. The van der Waals surface area contributed by atoms with Crippen molar-refractivity contribution in [2.45, 2.75) is 33.1 Å². The normalized spacial score (nSPS) is 11.8. The molecular weight excluding hydrogens is 280 g/mol. The average Bonchev–Trinajstić information content (AvgIpc) is 2.62. The van der Waals surface area contributed by atoms with Gasteiger partial charge in [-0.05, 0) is 28.9 Å². The first-order chi connectivity index (χ1) is 7.86. The summed E-state index contributed by atoms with van der Waals surface area (Å²) >= 11 is 3.42. The Morgan fingerprint density at radius 3 is 2.47 bits per heavy atom. The molecule has 0 saturated carbocycles. The van der Waals surface area contributed by atoms with Gasteiger partial charge in [0, 0.05) is 17.7 Å². The molecule has 0 aliphatic rings. The Hall–Kier alpha value is -1.23.